The summed E-state index contributed by atoms with van der Waals surface area (Å²) in [6.45, 7) is 3.23. The number of halogens is 1. The molecule has 2 atom stereocenters. The van der Waals surface area contributed by atoms with Gasteiger partial charge >= 0.3 is 0 Å². The zero-order valence-electron chi connectivity index (χ0n) is 10.0. The van der Waals surface area contributed by atoms with Crippen molar-refractivity contribution < 1.29 is 4.39 Å². The first-order valence-electron chi connectivity index (χ1n) is 6.58. The summed E-state index contributed by atoms with van der Waals surface area (Å²) in [4.78, 5) is 0. The van der Waals surface area contributed by atoms with Gasteiger partial charge < -0.3 is 10.6 Å². The zero-order chi connectivity index (χ0) is 11.7. The van der Waals surface area contributed by atoms with Crippen molar-refractivity contribution in [1.29, 1.82) is 0 Å². The van der Waals surface area contributed by atoms with E-state index < -0.39 is 0 Å². The standard InChI is InChI=1S/C14H19FN2/c15-11-3-4-14-13(8-11)12(5-7-17-14)10-2-1-6-16-9-10/h3-4,8,10,12,16-17H,1-2,5-7,9H2. The molecule has 17 heavy (non-hydrogen) atoms. The second kappa shape index (κ2) is 4.65. The van der Waals surface area contributed by atoms with Gasteiger partial charge in [-0.25, -0.2) is 4.39 Å². The third-order valence-electron chi connectivity index (χ3n) is 4.09. The van der Waals surface area contributed by atoms with Gasteiger partial charge in [-0.3, -0.25) is 0 Å². The Morgan fingerprint density at radius 3 is 2.94 bits per heavy atom. The van der Waals surface area contributed by atoms with Crippen molar-refractivity contribution in [3.8, 4) is 0 Å². The van der Waals surface area contributed by atoms with Crippen LogP contribution in [0, 0.1) is 11.7 Å². The number of piperidine rings is 1. The van der Waals surface area contributed by atoms with Crippen LogP contribution in [-0.4, -0.2) is 19.6 Å². The lowest BCUT2D eigenvalue weighted by Gasteiger charge is -2.35. The van der Waals surface area contributed by atoms with E-state index in [9.17, 15) is 4.39 Å². The van der Waals surface area contributed by atoms with Crippen molar-refractivity contribution in [2.24, 2.45) is 5.92 Å². The molecule has 92 valence electrons. The average Bonchev–Trinajstić information content (AvgIpc) is 2.39. The molecular weight excluding hydrogens is 215 g/mol. The highest BCUT2D eigenvalue weighted by Gasteiger charge is 2.29. The molecule has 2 nitrogen and oxygen atoms in total. The molecule has 1 fully saturated rings. The molecule has 2 aliphatic rings. The van der Waals surface area contributed by atoms with Crippen LogP contribution in [0.2, 0.25) is 0 Å². The Kier molecular flexibility index (Phi) is 3.02. The fraction of sp³-hybridized carbons (Fsp3) is 0.571. The number of rotatable bonds is 1. The molecule has 2 unspecified atom stereocenters. The number of hydrogen-bond donors (Lipinski definition) is 2. The number of nitrogens with one attached hydrogen (secondary N) is 2. The first-order valence-corrected chi connectivity index (χ1v) is 6.58. The Balaban J connectivity index is 1.89. The van der Waals surface area contributed by atoms with Crippen LogP contribution in [0.3, 0.4) is 0 Å². The monoisotopic (exact) mass is 234 g/mol. The van der Waals surface area contributed by atoms with E-state index in [1.807, 2.05) is 6.07 Å². The van der Waals surface area contributed by atoms with Gasteiger partial charge in [0.25, 0.3) is 0 Å². The van der Waals surface area contributed by atoms with Gasteiger partial charge in [0.1, 0.15) is 5.82 Å². The summed E-state index contributed by atoms with van der Waals surface area (Å²) in [6.07, 6.45) is 3.65. The van der Waals surface area contributed by atoms with Gasteiger partial charge in [-0.2, -0.15) is 0 Å². The summed E-state index contributed by atoms with van der Waals surface area (Å²) in [5, 5.41) is 6.84. The maximum Gasteiger partial charge on any atom is 0.123 e. The van der Waals surface area contributed by atoms with Gasteiger partial charge in [0.05, 0.1) is 0 Å². The average molecular weight is 234 g/mol. The van der Waals surface area contributed by atoms with Crippen LogP contribution in [0.25, 0.3) is 0 Å². The Morgan fingerprint density at radius 1 is 1.18 bits per heavy atom. The predicted octanol–water partition coefficient (Wildman–Crippen LogP) is 2.72. The molecule has 0 aromatic heterocycles. The van der Waals surface area contributed by atoms with E-state index in [2.05, 4.69) is 10.6 Å². The largest absolute Gasteiger partial charge is 0.385 e. The number of hydrogen-bond acceptors (Lipinski definition) is 2. The Morgan fingerprint density at radius 2 is 2.12 bits per heavy atom. The lowest BCUT2D eigenvalue weighted by Crippen LogP contribution is -2.35. The van der Waals surface area contributed by atoms with E-state index in [1.54, 1.807) is 12.1 Å². The van der Waals surface area contributed by atoms with Crippen molar-refractivity contribution in [2.45, 2.75) is 25.2 Å². The molecule has 0 spiro atoms. The molecule has 2 heterocycles. The van der Waals surface area contributed by atoms with Gasteiger partial charge in [-0.15, -0.1) is 0 Å². The highest BCUT2D eigenvalue weighted by Crippen LogP contribution is 2.39. The van der Waals surface area contributed by atoms with Gasteiger partial charge in [-0.1, -0.05) is 0 Å². The van der Waals surface area contributed by atoms with Crippen LogP contribution in [-0.2, 0) is 0 Å². The highest BCUT2D eigenvalue weighted by molar-refractivity contribution is 5.55. The normalized spacial score (nSPS) is 28.3. The quantitative estimate of drug-likeness (QED) is 0.780. The molecule has 0 amide bonds. The SMILES string of the molecule is Fc1ccc2c(c1)C(C1CCCNC1)CCN2. The van der Waals surface area contributed by atoms with E-state index in [-0.39, 0.29) is 5.82 Å². The number of anilines is 1. The van der Waals surface area contributed by atoms with E-state index >= 15 is 0 Å². The molecule has 1 aromatic carbocycles. The lowest BCUT2D eigenvalue weighted by atomic mass is 9.77. The van der Waals surface area contributed by atoms with Crippen LogP contribution in [0.15, 0.2) is 18.2 Å². The predicted molar refractivity (Wildman–Crippen MR) is 67.8 cm³/mol. The first-order chi connectivity index (χ1) is 8.34. The third-order valence-corrected chi connectivity index (χ3v) is 4.09. The van der Waals surface area contributed by atoms with Crippen LogP contribution in [0.5, 0.6) is 0 Å². The fourth-order valence-corrected chi connectivity index (χ4v) is 3.23. The molecule has 0 radical (unpaired) electrons. The fourth-order valence-electron chi connectivity index (χ4n) is 3.23. The molecule has 0 bridgehead atoms. The molecule has 0 saturated carbocycles. The third kappa shape index (κ3) is 2.16. The Labute approximate surface area is 102 Å². The first kappa shape index (κ1) is 11.0. The number of fused-ring (bicyclic) bond motifs is 1. The zero-order valence-corrected chi connectivity index (χ0v) is 10.0. The second-order valence-corrected chi connectivity index (χ2v) is 5.16. The number of benzene rings is 1. The van der Waals surface area contributed by atoms with Crippen molar-refractivity contribution in [3.63, 3.8) is 0 Å². The van der Waals surface area contributed by atoms with Crippen molar-refractivity contribution in [3.05, 3.63) is 29.6 Å². The Hall–Kier alpha value is -1.09. The van der Waals surface area contributed by atoms with Gasteiger partial charge in [0, 0.05) is 12.2 Å². The molecule has 0 aliphatic carbocycles. The molecule has 1 saturated heterocycles. The minimum absolute atomic E-state index is 0.110. The summed E-state index contributed by atoms with van der Waals surface area (Å²) in [5.41, 5.74) is 2.32. The minimum atomic E-state index is -0.110. The molecule has 2 N–H and O–H groups in total. The maximum absolute atomic E-state index is 13.4. The lowest BCUT2D eigenvalue weighted by molar-refractivity contribution is 0.311. The molecule has 3 heteroatoms. The molecule has 3 rings (SSSR count). The van der Waals surface area contributed by atoms with Crippen LogP contribution in [0.4, 0.5) is 10.1 Å². The molecule has 2 aliphatic heterocycles. The summed E-state index contributed by atoms with van der Waals surface area (Å²) >= 11 is 0. The van der Waals surface area contributed by atoms with Crippen molar-refractivity contribution >= 4 is 5.69 Å². The molecule has 1 aromatic rings. The summed E-state index contributed by atoms with van der Waals surface area (Å²) in [6, 6.07) is 5.15. The van der Waals surface area contributed by atoms with E-state index in [1.165, 1.54) is 18.4 Å². The van der Waals surface area contributed by atoms with Gasteiger partial charge in [0.2, 0.25) is 0 Å². The van der Waals surface area contributed by atoms with Crippen LogP contribution >= 0.6 is 0 Å². The maximum atomic E-state index is 13.4. The summed E-state index contributed by atoms with van der Waals surface area (Å²) in [5.74, 6) is 1.09. The summed E-state index contributed by atoms with van der Waals surface area (Å²) in [7, 11) is 0. The van der Waals surface area contributed by atoms with Crippen LogP contribution < -0.4 is 10.6 Å². The van der Waals surface area contributed by atoms with E-state index in [0.29, 0.717) is 11.8 Å². The van der Waals surface area contributed by atoms with Crippen molar-refractivity contribution in [2.75, 3.05) is 25.0 Å². The molecular formula is C14H19FN2. The highest BCUT2D eigenvalue weighted by atomic mass is 19.1. The summed E-state index contributed by atoms with van der Waals surface area (Å²) < 4.78 is 13.4. The van der Waals surface area contributed by atoms with Gasteiger partial charge in [0.15, 0.2) is 0 Å². The minimum Gasteiger partial charge on any atom is -0.385 e. The van der Waals surface area contributed by atoms with E-state index in [4.69, 9.17) is 0 Å². The van der Waals surface area contributed by atoms with Gasteiger partial charge in [-0.05, 0) is 68.0 Å². The Bertz CT molecular complexity index is 399. The van der Waals surface area contributed by atoms with Crippen molar-refractivity contribution in [1.82, 2.24) is 5.32 Å². The van der Waals surface area contributed by atoms with E-state index in [0.717, 1.165) is 31.7 Å². The topological polar surface area (TPSA) is 24.1 Å². The second-order valence-electron chi connectivity index (χ2n) is 5.16. The van der Waals surface area contributed by atoms with Crippen LogP contribution in [0.1, 0.15) is 30.7 Å². The smallest absolute Gasteiger partial charge is 0.123 e.